The smallest absolute Gasteiger partial charge is 0.335 e. The molecule has 5 nitrogen and oxygen atoms in total. The van der Waals surface area contributed by atoms with Crippen molar-refractivity contribution in [1.82, 2.24) is 4.98 Å². The molecule has 0 aliphatic carbocycles. The van der Waals surface area contributed by atoms with Crippen LogP contribution in [0, 0.1) is 11.6 Å². The van der Waals surface area contributed by atoms with Crippen molar-refractivity contribution < 1.29 is 23.5 Å². The molecule has 0 fully saturated rings. The third-order valence-corrected chi connectivity index (χ3v) is 3.57. The molecule has 3 N–H and O–H groups in total. The lowest BCUT2D eigenvalue weighted by molar-refractivity contribution is -0.115. The molecule has 0 spiro atoms. The molecule has 0 unspecified atom stereocenters. The van der Waals surface area contributed by atoms with Crippen molar-refractivity contribution in [3.05, 3.63) is 65.4 Å². The van der Waals surface area contributed by atoms with E-state index in [1.54, 1.807) is 12.3 Å². The summed E-state index contributed by atoms with van der Waals surface area (Å²) in [6.07, 6.45) is 1.51. The summed E-state index contributed by atoms with van der Waals surface area (Å²) in [7, 11) is 0. The molecule has 0 bridgehead atoms. The highest BCUT2D eigenvalue weighted by Crippen LogP contribution is 2.21. The van der Waals surface area contributed by atoms with E-state index in [0.29, 0.717) is 16.5 Å². The maximum absolute atomic E-state index is 13.7. The predicted octanol–water partition coefficient (Wildman–Crippen LogP) is 3.33. The molecule has 2 aromatic carbocycles. The summed E-state index contributed by atoms with van der Waals surface area (Å²) in [5.74, 6) is -2.85. The average Bonchev–Trinajstić information content (AvgIpc) is 2.91. The topological polar surface area (TPSA) is 82.2 Å². The number of carboxylic acids is 1. The number of halogens is 2. The van der Waals surface area contributed by atoms with Crippen LogP contribution in [0.25, 0.3) is 10.9 Å². The fraction of sp³-hybridized carbons (Fsp3) is 0.0588. The SMILES string of the molecule is O=C(Cc1c[nH]c2cc(F)ccc12)Nc1cc(C(=O)O)ccc1F. The van der Waals surface area contributed by atoms with Gasteiger partial charge in [0.25, 0.3) is 0 Å². The van der Waals surface area contributed by atoms with Gasteiger partial charge in [-0.2, -0.15) is 0 Å². The van der Waals surface area contributed by atoms with E-state index in [9.17, 15) is 18.4 Å². The molecule has 0 aliphatic heterocycles. The van der Waals surface area contributed by atoms with Crippen LogP contribution >= 0.6 is 0 Å². The minimum Gasteiger partial charge on any atom is -0.478 e. The van der Waals surface area contributed by atoms with Gasteiger partial charge in [0.1, 0.15) is 11.6 Å². The molecule has 3 rings (SSSR count). The van der Waals surface area contributed by atoms with Gasteiger partial charge in [-0.1, -0.05) is 0 Å². The number of aromatic amines is 1. The average molecular weight is 330 g/mol. The number of carbonyl (C=O) groups is 2. The van der Waals surface area contributed by atoms with Crippen LogP contribution in [-0.2, 0) is 11.2 Å². The maximum atomic E-state index is 13.7. The Morgan fingerprint density at radius 1 is 1.12 bits per heavy atom. The van der Waals surface area contributed by atoms with Crippen molar-refractivity contribution in [3.8, 4) is 0 Å². The highest BCUT2D eigenvalue weighted by molar-refractivity contribution is 5.97. The van der Waals surface area contributed by atoms with Crippen molar-refractivity contribution in [1.29, 1.82) is 0 Å². The number of anilines is 1. The third-order valence-electron chi connectivity index (χ3n) is 3.57. The van der Waals surface area contributed by atoms with Crippen molar-refractivity contribution in [2.45, 2.75) is 6.42 Å². The first-order valence-electron chi connectivity index (χ1n) is 7.02. The summed E-state index contributed by atoms with van der Waals surface area (Å²) in [6.45, 7) is 0. The highest BCUT2D eigenvalue weighted by Gasteiger charge is 2.13. The Labute approximate surface area is 134 Å². The van der Waals surface area contributed by atoms with Gasteiger partial charge in [0, 0.05) is 17.1 Å². The minimum absolute atomic E-state index is 0.0671. The summed E-state index contributed by atoms with van der Waals surface area (Å²) in [5.41, 5.74) is 0.842. The van der Waals surface area contributed by atoms with Crippen LogP contribution in [0.4, 0.5) is 14.5 Å². The monoisotopic (exact) mass is 330 g/mol. The Morgan fingerprint density at radius 3 is 2.67 bits per heavy atom. The Hall–Kier alpha value is -3.22. The van der Waals surface area contributed by atoms with Crippen molar-refractivity contribution >= 4 is 28.5 Å². The molecule has 7 heteroatoms. The molecule has 0 saturated carbocycles. The second kappa shape index (κ2) is 6.11. The van der Waals surface area contributed by atoms with Crippen LogP contribution in [0.3, 0.4) is 0 Å². The van der Waals surface area contributed by atoms with Gasteiger partial charge in [0.15, 0.2) is 0 Å². The maximum Gasteiger partial charge on any atom is 0.335 e. The van der Waals surface area contributed by atoms with E-state index in [1.807, 2.05) is 0 Å². The fourth-order valence-electron chi connectivity index (χ4n) is 2.43. The number of rotatable bonds is 4. The molecule has 0 radical (unpaired) electrons. The Bertz CT molecular complexity index is 950. The first-order chi connectivity index (χ1) is 11.4. The summed E-state index contributed by atoms with van der Waals surface area (Å²) in [4.78, 5) is 25.9. The number of aromatic nitrogens is 1. The normalized spacial score (nSPS) is 10.8. The first-order valence-corrected chi connectivity index (χ1v) is 7.02. The zero-order valence-corrected chi connectivity index (χ0v) is 12.3. The number of nitrogens with one attached hydrogen (secondary N) is 2. The molecule has 0 aliphatic rings. The third kappa shape index (κ3) is 3.10. The fourth-order valence-corrected chi connectivity index (χ4v) is 2.43. The summed E-state index contributed by atoms with van der Waals surface area (Å²) >= 11 is 0. The van der Waals surface area contributed by atoms with E-state index in [0.717, 1.165) is 18.2 Å². The predicted molar refractivity (Wildman–Crippen MR) is 83.9 cm³/mol. The molecule has 1 aromatic heterocycles. The van der Waals surface area contributed by atoms with E-state index in [4.69, 9.17) is 5.11 Å². The lowest BCUT2D eigenvalue weighted by Crippen LogP contribution is -2.15. The van der Waals surface area contributed by atoms with Crippen LogP contribution in [0.15, 0.2) is 42.6 Å². The quantitative estimate of drug-likeness (QED) is 0.686. The minimum atomic E-state index is -1.22. The van der Waals surface area contributed by atoms with E-state index in [2.05, 4.69) is 10.3 Å². The van der Waals surface area contributed by atoms with Gasteiger partial charge in [-0.25, -0.2) is 13.6 Å². The Balaban J connectivity index is 1.80. The van der Waals surface area contributed by atoms with Crippen LogP contribution in [-0.4, -0.2) is 22.0 Å². The van der Waals surface area contributed by atoms with E-state index >= 15 is 0 Å². The van der Waals surface area contributed by atoms with E-state index < -0.39 is 23.5 Å². The van der Waals surface area contributed by atoms with Crippen LogP contribution in [0.1, 0.15) is 15.9 Å². The van der Waals surface area contributed by atoms with E-state index in [1.165, 1.54) is 12.1 Å². The van der Waals surface area contributed by atoms with E-state index in [-0.39, 0.29) is 17.7 Å². The van der Waals surface area contributed by atoms with Gasteiger partial charge < -0.3 is 15.4 Å². The number of hydrogen-bond donors (Lipinski definition) is 3. The number of amides is 1. The van der Waals surface area contributed by atoms with Crippen LogP contribution < -0.4 is 5.32 Å². The van der Waals surface area contributed by atoms with Gasteiger partial charge in [-0.05, 0) is 42.0 Å². The summed E-state index contributed by atoms with van der Waals surface area (Å²) in [5, 5.41) is 12.0. The largest absolute Gasteiger partial charge is 0.478 e. The lowest BCUT2D eigenvalue weighted by atomic mass is 10.1. The first kappa shape index (κ1) is 15.7. The molecular weight excluding hydrogens is 318 g/mol. The highest BCUT2D eigenvalue weighted by atomic mass is 19.1. The summed E-state index contributed by atoms with van der Waals surface area (Å²) < 4.78 is 26.9. The van der Waals surface area contributed by atoms with Crippen molar-refractivity contribution in [3.63, 3.8) is 0 Å². The van der Waals surface area contributed by atoms with Crippen molar-refractivity contribution in [2.75, 3.05) is 5.32 Å². The molecule has 24 heavy (non-hydrogen) atoms. The molecule has 0 atom stereocenters. The van der Waals surface area contributed by atoms with Crippen molar-refractivity contribution in [2.24, 2.45) is 0 Å². The van der Waals surface area contributed by atoms with Gasteiger partial charge in [0.2, 0.25) is 5.91 Å². The number of carbonyl (C=O) groups excluding carboxylic acids is 1. The molecule has 1 amide bonds. The zero-order valence-electron chi connectivity index (χ0n) is 12.3. The number of fused-ring (bicyclic) bond motifs is 1. The zero-order chi connectivity index (χ0) is 17.3. The molecular formula is C17H12F2N2O3. The number of H-pyrrole nitrogens is 1. The van der Waals surface area contributed by atoms with Crippen LogP contribution in [0.5, 0.6) is 0 Å². The Morgan fingerprint density at radius 2 is 1.92 bits per heavy atom. The molecule has 1 heterocycles. The lowest BCUT2D eigenvalue weighted by Gasteiger charge is -2.07. The Kier molecular flexibility index (Phi) is 3.99. The second-order valence-electron chi connectivity index (χ2n) is 5.23. The molecule has 122 valence electrons. The number of hydrogen-bond acceptors (Lipinski definition) is 2. The van der Waals surface area contributed by atoms with Gasteiger partial charge in [-0.15, -0.1) is 0 Å². The number of aromatic carboxylic acids is 1. The molecule has 0 saturated heterocycles. The standard InChI is InChI=1S/C17H12F2N2O3/c18-11-2-3-12-10(8-20-14(12)7-11)6-16(22)21-15-5-9(17(23)24)1-4-13(15)19/h1-5,7-8,20H,6H2,(H,21,22)(H,23,24). The summed E-state index contributed by atoms with van der Waals surface area (Å²) in [6, 6.07) is 7.30. The van der Waals surface area contributed by atoms with Gasteiger partial charge in [0.05, 0.1) is 17.7 Å². The van der Waals surface area contributed by atoms with Gasteiger partial charge >= 0.3 is 5.97 Å². The second-order valence-corrected chi connectivity index (χ2v) is 5.23. The number of benzene rings is 2. The number of carboxylic acid groups (broad SMARTS) is 1. The molecule has 3 aromatic rings. The van der Waals surface area contributed by atoms with Gasteiger partial charge in [-0.3, -0.25) is 4.79 Å². The van der Waals surface area contributed by atoms with Crippen LogP contribution in [0.2, 0.25) is 0 Å².